The number of nitrogen functional groups attached to an aromatic ring is 1. The van der Waals surface area contributed by atoms with Gasteiger partial charge in [0, 0.05) is 24.2 Å². The number of nitrogens with two attached hydrogens (primary N) is 1. The number of nitrogens with zero attached hydrogens (tertiary/aromatic N) is 1. The van der Waals surface area contributed by atoms with Crippen LogP contribution in [0.15, 0.2) is 18.2 Å². The Morgan fingerprint density at radius 1 is 1.24 bits per heavy atom. The predicted octanol–water partition coefficient (Wildman–Crippen LogP) is 1.17. The normalized spacial score (nSPS) is 14.3. The molecule has 6 heteroatoms. The van der Waals surface area contributed by atoms with Gasteiger partial charge in [0.1, 0.15) is 0 Å². The topological polar surface area (TPSA) is 92.5 Å². The highest BCUT2D eigenvalue weighted by Crippen LogP contribution is 2.27. The number of nitrogens with one attached hydrogen (secondary N) is 1. The second-order valence-corrected chi connectivity index (χ2v) is 6.08. The molecule has 0 fully saturated rings. The number of imide groups is 1. The van der Waals surface area contributed by atoms with Crippen LogP contribution in [-0.4, -0.2) is 34.7 Å². The molecule has 2 rings (SSSR count). The van der Waals surface area contributed by atoms with E-state index in [1.807, 2.05) is 20.8 Å². The van der Waals surface area contributed by atoms with Crippen LogP contribution in [0.25, 0.3) is 0 Å². The molecule has 1 aliphatic heterocycles. The molecule has 1 aliphatic rings. The smallest absolute Gasteiger partial charge is 0.263 e. The van der Waals surface area contributed by atoms with Crippen LogP contribution in [0.2, 0.25) is 0 Å². The van der Waals surface area contributed by atoms with Gasteiger partial charge in [-0.25, -0.2) is 0 Å². The minimum absolute atomic E-state index is 0.0493. The van der Waals surface area contributed by atoms with Crippen LogP contribution in [0.4, 0.5) is 5.69 Å². The molecule has 0 radical (unpaired) electrons. The van der Waals surface area contributed by atoms with Crippen LogP contribution in [0.5, 0.6) is 0 Å². The summed E-state index contributed by atoms with van der Waals surface area (Å²) in [6.07, 6.45) is 0.0721. The second kappa shape index (κ2) is 5.20. The van der Waals surface area contributed by atoms with Crippen molar-refractivity contribution in [3.05, 3.63) is 29.3 Å². The Balaban J connectivity index is 2.08. The van der Waals surface area contributed by atoms with Gasteiger partial charge in [-0.3, -0.25) is 19.3 Å². The fourth-order valence-electron chi connectivity index (χ4n) is 2.26. The van der Waals surface area contributed by atoms with Crippen molar-refractivity contribution in [1.82, 2.24) is 10.2 Å². The zero-order chi connectivity index (χ0) is 15.8. The maximum Gasteiger partial charge on any atom is 0.263 e. The van der Waals surface area contributed by atoms with E-state index in [1.54, 1.807) is 18.2 Å². The molecule has 21 heavy (non-hydrogen) atoms. The first-order valence-corrected chi connectivity index (χ1v) is 6.76. The summed E-state index contributed by atoms with van der Waals surface area (Å²) in [4.78, 5) is 37.3. The molecule has 112 valence electrons. The Morgan fingerprint density at radius 2 is 1.90 bits per heavy atom. The highest BCUT2D eigenvalue weighted by molar-refractivity contribution is 6.23. The van der Waals surface area contributed by atoms with Gasteiger partial charge in [0.05, 0.1) is 11.1 Å². The third-order valence-corrected chi connectivity index (χ3v) is 3.11. The lowest BCUT2D eigenvalue weighted by Gasteiger charge is -2.21. The van der Waals surface area contributed by atoms with E-state index in [0.29, 0.717) is 5.56 Å². The number of carbonyl (C=O) groups excluding carboxylic acids is 3. The molecule has 6 nitrogen and oxygen atoms in total. The van der Waals surface area contributed by atoms with Gasteiger partial charge < -0.3 is 11.1 Å². The molecular formula is C15H19N3O3. The Hall–Kier alpha value is -2.37. The highest BCUT2D eigenvalue weighted by Gasteiger charge is 2.36. The average Bonchev–Trinajstić information content (AvgIpc) is 2.59. The van der Waals surface area contributed by atoms with E-state index in [2.05, 4.69) is 5.32 Å². The summed E-state index contributed by atoms with van der Waals surface area (Å²) >= 11 is 0. The Morgan fingerprint density at radius 3 is 2.48 bits per heavy atom. The van der Waals surface area contributed by atoms with Gasteiger partial charge in [-0.2, -0.15) is 0 Å². The number of rotatable bonds is 3. The predicted molar refractivity (Wildman–Crippen MR) is 78.7 cm³/mol. The first-order valence-electron chi connectivity index (χ1n) is 6.76. The van der Waals surface area contributed by atoms with E-state index in [-0.39, 0.29) is 35.7 Å². The number of amides is 3. The van der Waals surface area contributed by atoms with Crippen molar-refractivity contribution < 1.29 is 14.4 Å². The molecule has 0 aromatic heterocycles. The molecule has 0 atom stereocenters. The van der Waals surface area contributed by atoms with Crippen molar-refractivity contribution in [2.75, 3.05) is 12.3 Å². The summed E-state index contributed by atoms with van der Waals surface area (Å²) < 4.78 is 0. The number of hydrogen-bond acceptors (Lipinski definition) is 4. The third kappa shape index (κ3) is 3.04. The second-order valence-electron chi connectivity index (χ2n) is 6.08. The van der Waals surface area contributed by atoms with E-state index in [0.717, 1.165) is 4.90 Å². The molecule has 1 aromatic carbocycles. The fraction of sp³-hybridized carbons (Fsp3) is 0.400. The van der Waals surface area contributed by atoms with Gasteiger partial charge in [-0.15, -0.1) is 0 Å². The van der Waals surface area contributed by atoms with Gasteiger partial charge >= 0.3 is 0 Å². The Bertz CT molecular complexity index is 617. The van der Waals surface area contributed by atoms with Crippen molar-refractivity contribution in [3.63, 3.8) is 0 Å². The number of benzene rings is 1. The van der Waals surface area contributed by atoms with Crippen molar-refractivity contribution in [3.8, 4) is 0 Å². The Labute approximate surface area is 123 Å². The van der Waals surface area contributed by atoms with Crippen molar-refractivity contribution in [2.24, 2.45) is 0 Å². The Kier molecular flexibility index (Phi) is 3.72. The lowest BCUT2D eigenvalue weighted by Crippen LogP contribution is -2.42. The summed E-state index contributed by atoms with van der Waals surface area (Å²) in [6.45, 7) is 5.66. The lowest BCUT2D eigenvalue weighted by atomic mass is 10.1. The molecular weight excluding hydrogens is 270 g/mol. The van der Waals surface area contributed by atoms with E-state index in [9.17, 15) is 14.4 Å². The fourth-order valence-corrected chi connectivity index (χ4v) is 2.26. The summed E-state index contributed by atoms with van der Waals surface area (Å²) in [5.41, 5.74) is 6.22. The van der Waals surface area contributed by atoms with E-state index in [1.165, 1.54) is 0 Å². The largest absolute Gasteiger partial charge is 0.398 e. The van der Waals surface area contributed by atoms with Crippen molar-refractivity contribution in [2.45, 2.75) is 32.7 Å². The van der Waals surface area contributed by atoms with Crippen molar-refractivity contribution >= 4 is 23.4 Å². The summed E-state index contributed by atoms with van der Waals surface area (Å²) in [5, 5.41) is 2.79. The number of anilines is 1. The SMILES string of the molecule is CC(C)(C)NC(=O)CCN1C(=O)c2cccc(N)c2C1=O. The van der Waals surface area contributed by atoms with Gasteiger partial charge in [0.25, 0.3) is 11.8 Å². The summed E-state index contributed by atoms with van der Waals surface area (Å²) in [6, 6.07) is 4.79. The molecule has 0 unspecified atom stereocenters. The maximum atomic E-state index is 12.2. The molecule has 0 aliphatic carbocycles. The first-order chi connectivity index (χ1) is 9.70. The van der Waals surface area contributed by atoms with E-state index in [4.69, 9.17) is 5.73 Å². The van der Waals surface area contributed by atoms with Crippen LogP contribution in [0.3, 0.4) is 0 Å². The summed E-state index contributed by atoms with van der Waals surface area (Å²) in [7, 11) is 0. The third-order valence-electron chi connectivity index (χ3n) is 3.11. The number of carbonyl (C=O) groups is 3. The maximum absolute atomic E-state index is 12.2. The van der Waals surface area contributed by atoms with Crippen molar-refractivity contribution in [1.29, 1.82) is 0 Å². The van der Waals surface area contributed by atoms with Crippen LogP contribution < -0.4 is 11.1 Å². The molecule has 0 saturated heterocycles. The standard InChI is InChI=1S/C15H19N3O3/c1-15(2,3)17-11(19)7-8-18-13(20)9-5-4-6-10(16)12(9)14(18)21/h4-6H,7-8,16H2,1-3H3,(H,17,19). The van der Waals surface area contributed by atoms with E-state index < -0.39 is 11.8 Å². The molecule has 0 bridgehead atoms. The molecule has 3 amide bonds. The molecule has 1 aromatic rings. The first kappa shape index (κ1) is 15.0. The van der Waals surface area contributed by atoms with Crippen LogP contribution >= 0.6 is 0 Å². The van der Waals surface area contributed by atoms with Gasteiger partial charge in [0.2, 0.25) is 5.91 Å². The minimum atomic E-state index is -0.434. The van der Waals surface area contributed by atoms with Gasteiger partial charge in [-0.1, -0.05) is 6.07 Å². The van der Waals surface area contributed by atoms with Gasteiger partial charge in [-0.05, 0) is 32.9 Å². The number of hydrogen-bond donors (Lipinski definition) is 2. The molecule has 0 spiro atoms. The monoisotopic (exact) mass is 289 g/mol. The zero-order valence-electron chi connectivity index (χ0n) is 12.4. The molecule has 1 heterocycles. The highest BCUT2D eigenvalue weighted by atomic mass is 16.2. The molecule has 3 N–H and O–H groups in total. The van der Waals surface area contributed by atoms with Gasteiger partial charge in [0.15, 0.2) is 0 Å². The van der Waals surface area contributed by atoms with E-state index >= 15 is 0 Å². The average molecular weight is 289 g/mol. The summed E-state index contributed by atoms with van der Waals surface area (Å²) in [5.74, 6) is -1.03. The zero-order valence-corrected chi connectivity index (χ0v) is 12.4. The molecule has 0 saturated carbocycles. The quantitative estimate of drug-likeness (QED) is 0.645. The van der Waals surface area contributed by atoms with Crippen LogP contribution in [0.1, 0.15) is 47.9 Å². The minimum Gasteiger partial charge on any atom is -0.398 e. The van der Waals surface area contributed by atoms with Crippen LogP contribution in [-0.2, 0) is 4.79 Å². The van der Waals surface area contributed by atoms with Crippen LogP contribution in [0, 0.1) is 0 Å². The number of fused-ring (bicyclic) bond motifs is 1. The lowest BCUT2D eigenvalue weighted by molar-refractivity contribution is -0.122.